The maximum Gasteiger partial charge on any atom is 0.157 e. The number of hydrogen-bond donors (Lipinski definition) is 1. The molecular formula is C3H8N4. The molecule has 4 nitrogen and oxygen atoms in total. The van der Waals surface area contributed by atoms with Gasteiger partial charge >= 0.3 is 0 Å². The van der Waals surface area contributed by atoms with Crippen molar-refractivity contribution in [1.82, 2.24) is 5.01 Å². The molecule has 0 aromatic carbocycles. The zero-order chi connectivity index (χ0) is 5.70. The van der Waals surface area contributed by atoms with Crippen molar-refractivity contribution in [2.24, 2.45) is 10.2 Å². The van der Waals surface area contributed by atoms with Gasteiger partial charge in [-0.15, -0.1) is 5.11 Å². The average molecular weight is 100 g/mol. The summed E-state index contributed by atoms with van der Waals surface area (Å²) in [6.07, 6.45) is 1.17. The molecule has 0 aliphatic carbocycles. The number of nitrogens with one attached hydrogen (secondary N) is 1. The van der Waals surface area contributed by atoms with E-state index in [1.807, 2.05) is 0 Å². The van der Waals surface area contributed by atoms with Crippen LogP contribution in [0.3, 0.4) is 0 Å². The second-order valence-corrected chi connectivity index (χ2v) is 1.21. The standard InChI is InChI=1S/C3H8N4/c1-7(2)6-3-5-4/h3-4H,1-2H3. The molecule has 0 unspecified atom stereocenters. The summed E-state index contributed by atoms with van der Waals surface area (Å²) in [7, 11) is 3.53. The highest BCUT2D eigenvalue weighted by molar-refractivity contribution is 5.53. The smallest absolute Gasteiger partial charge is 0.157 e. The van der Waals surface area contributed by atoms with Crippen molar-refractivity contribution >= 4 is 6.34 Å². The lowest BCUT2D eigenvalue weighted by Crippen LogP contribution is -2.00. The van der Waals surface area contributed by atoms with Crippen LogP contribution in [0.25, 0.3) is 0 Å². The largest absolute Gasteiger partial charge is 0.302 e. The van der Waals surface area contributed by atoms with E-state index < -0.39 is 0 Å². The minimum atomic E-state index is 1.17. The van der Waals surface area contributed by atoms with Crippen molar-refractivity contribution in [3.05, 3.63) is 0 Å². The van der Waals surface area contributed by atoms with Crippen molar-refractivity contribution in [2.45, 2.75) is 0 Å². The van der Waals surface area contributed by atoms with Gasteiger partial charge in [0.15, 0.2) is 6.34 Å². The summed E-state index contributed by atoms with van der Waals surface area (Å²) in [5, 5.41) is 8.06. The molecule has 1 N–H and O–H groups in total. The molecule has 0 bridgehead atoms. The van der Waals surface area contributed by atoms with E-state index in [9.17, 15) is 0 Å². The monoisotopic (exact) mass is 100 g/mol. The Morgan fingerprint density at radius 3 is 2.29 bits per heavy atom. The average Bonchev–Trinajstić information content (AvgIpc) is 1.61. The first-order chi connectivity index (χ1) is 3.27. The fourth-order valence-electron chi connectivity index (χ4n) is 0.129. The summed E-state index contributed by atoms with van der Waals surface area (Å²) in [5.41, 5.74) is 6.24. The molecule has 0 spiro atoms. The van der Waals surface area contributed by atoms with Crippen molar-refractivity contribution < 1.29 is 0 Å². The molecule has 0 saturated carbocycles. The maximum atomic E-state index is 6.24. The minimum Gasteiger partial charge on any atom is -0.302 e. The number of nitrogens with zero attached hydrogens (tertiary/aromatic N) is 3. The topological polar surface area (TPSA) is 51.8 Å². The third-order valence-electron chi connectivity index (χ3n) is 0.340. The molecule has 0 aromatic heterocycles. The predicted molar refractivity (Wildman–Crippen MR) is 27.3 cm³/mol. The second kappa shape index (κ2) is 3.27. The Morgan fingerprint density at radius 2 is 2.14 bits per heavy atom. The lowest BCUT2D eigenvalue weighted by Gasteiger charge is -1.98. The molecule has 7 heavy (non-hydrogen) atoms. The van der Waals surface area contributed by atoms with E-state index in [1.165, 1.54) is 6.34 Å². The Hall–Kier alpha value is -0.930. The SMILES string of the molecule is CN(C)N=CN=N. The van der Waals surface area contributed by atoms with Gasteiger partial charge in [-0.25, -0.2) is 5.53 Å². The zero-order valence-electron chi connectivity index (χ0n) is 4.42. The fourth-order valence-corrected chi connectivity index (χ4v) is 0.129. The molecule has 0 rings (SSSR count). The van der Waals surface area contributed by atoms with Crippen LogP contribution in [0.5, 0.6) is 0 Å². The lowest BCUT2D eigenvalue weighted by molar-refractivity contribution is 0.439. The maximum absolute atomic E-state index is 6.24. The molecule has 0 saturated heterocycles. The summed E-state index contributed by atoms with van der Waals surface area (Å²) in [4.78, 5) is 0. The van der Waals surface area contributed by atoms with E-state index in [0.29, 0.717) is 0 Å². The van der Waals surface area contributed by atoms with Gasteiger partial charge in [-0.1, -0.05) is 0 Å². The summed E-state index contributed by atoms with van der Waals surface area (Å²) in [6.45, 7) is 0. The van der Waals surface area contributed by atoms with Gasteiger partial charge in [-0.05, 0) is 0 Å². The molecular weight excluding hydrogens is 92.1 g/mol. The summed E-state index contributed by atoms with van der Waals surface area (Å²) in [5.74, 6) is 0. The Labute approximate surface area is 42.3 Å². The molecule has 0 aliphatic heterocycles. The third kappa shape index (κ3) is 5.07. The molecule has 0 aliphatic rings. The number of hydrazone groups is 1. The molecule has 40 valence electrons. The van der Waals surface area contributed by atoms with Gasteiger partial charge in [-0.2, -0.15) is 5.10 Å². The van der Waals surface area contributed by atoms with E-state index in [2.05, 4.69) is 10.2 Å². The first-order valence-corrected chi connectivity index (χ1v) is 1.83. The first kappa shape index (κ1) is 6.07. The van der Waals surface area contributed by atoms with Crippen LogP contribution >= 0.6 is 0 Å². The van der Waals surface area contributed by atoms with E-state index in [0.717, 1.165) is 0 Å². The third-order valence-corrected chi connectivity index (χ3v) is 0.340. The van der Waals surface area contributed by atoms with Gasteiger partial charge in [0.2, 0.25) is 0 Å². The Balaban J connectivity index is 3.25. The molecule has 0 heterocycles. The molecule has 0 radical (unpaired) electrons. The van der Waals surface area contributed by atoms with Gasteiger partial charge in [0.1, 0.15) is 0 Å². The Morgan fingerprint density at radius 1 is 1.57 bits per heavy atom. The summed E-state index contributed by atoms with van der Waals surface area (Å²) < 4.78 is 0. The van der Waals surface area contributed by atoms with Gasteiger partial charge in [0, 0.05) is 14.1 Å². The lowest BCUT2D eigenvalue weighted by atomic mass is 11.1. The van der Waals surface area contributed by atoms with Crippen molar-refractivity contribution in [3.63, 3.8) is 0 Å². The summed E-state index contributed by atoms with van der Waals surface area (Å²) >= 11 is 0. The van der Waals surface area contributed by atoms with Crippen LogP contribution in [0.2, 0.25) is 0 Å². The van der Waals surface area contributed by atoms with E-state index in [1.54, 1.807) is 19.1 Å². The number of hydrogen-bond acceptors (Lipinski definition) is 3. The van der Waals surface area contributed by atoms with Gasteiger partial charge in [-0.3, -0.25) is 0 Å². The zero-order valence-corrected chi connectivity index (χ0v) is 4.42. The van der Waals surface area contributed by atoms with E-state index in [4.69, 9.17) is 5.53 Å². The van der Waals surface area contributed by atoms with E-state index in [-0.39, 0.29) is 0 Å². The Kier molecular flexibility index (Phi) is 2.83. The van der Waals surface area contributed by atoms with Gasteiger partial charge < -0.3 is 5.01 Å². The van der Waals surface area contributed by atoms with Crippen LogP contribution < -0.4 is 0 Å². The van der Waals surface area contributed by atoms with Crippen LogP contribution in [-0.4, -0.2) is 25.4 Å². The minimum absolute atomic E-state index is 1.17. The van der Waals surface area contributed by atoms with Crippen molar-refractivity contribution in [1.29, 1.82) is 5.53 Å². The molecule has 0 amide bonds. The molecule has 0 aromatic rings. The van der Waals surface area contributed by atoms with Crippen LogP contribution in [-0.2, 0) is 0 Å². The highest BCUT2D eigenvalue weighted by atomic mass is 15.4. The quantitative estimate of drug-likeness (QED) is 0.234. The molecule has 0 fully saturated rings. The Bertz CT molecular complexity index is 75.0. The van der Waals surface area contributed by atoms with Crippen LogP contribution in [0, 0.1) is 5.53 Å². The van der Waals surface area contributed by atoms with Gasteiger partial charge in [0.05, 0.1) is 0 Å². The predicted octanol–water partition coefficient (Wildman–Crippen LogP) is 0.522. The normalized spacial score (nSPS) is 9.43. The van der Waals surface area contributed by atoms with Crippen molar-refractivity contribution in [2.75, 3.05) is 14.1 Å². The molecule has 4 heteroatoms. The highest BCUT2D eigenvalue weighted by Crippen LogP contribution is 1.69. The second-order valence-electron chi connectivity index (χ2n) is 1.21. The number of rotatable bonds is 2. The molecule has 0 atom stereocenters. The fraction of sp³-hybridized carbons (Fsp3) is 0.667. The highest BCUT2D eigenvalue weighted by Gasteiger charge is 1.69. The van der Waals surface area contributed by atoms with Crippen molar-refractivity contribution in [3.8, 4) is 0 Å². The summed E-state index contributed by atoms with van der Waals surface area (Å²) in [6, 6.07) is 0. The van der Waals surface area contributed by atoms with Gasteiger partial charge in [0.25, 0.3) is 0 Å². The van der Waals surface area contributed by atoms with Crippen LogP contribution in [0.4, 0.5) is 0 Å². The van der Waals surface area contributed by atoms with Crippen LogP contribution in [0.15, 0.2) is 10.2 Å². The van der Waals surface area contributed by atoms with E-state index >= 15 is 0 Å². The van der Waals surface area contributed by atoms with Crippen LogP contribution in [0.1, 0.15) is 0 Å². The first-order valence-electron chi connectivity index (χ1n) is 1.83.